The summed E-state index contributed by atoms with van der Waals surface area (Å²) in [7, 11) is -1.32. The molecule has 0 aromatic carbocycles. The first-order chi connectivity index (χ1) is 12.3. The van der Waals surface area contributed by atoms with Gasteiger partial charge in [0.1, 0.15) is 16.4 Å². The number of aromatic nitrogens is 1. The minimum absolute atomic E-state index is 0.0409. The number of hydrogen-bond acceptors (Lipinski definition) is 7. The molecule has 0 radical (unpaired) electrons. The summed E-state index contributed by atoms with van der Waals surface area (Å²) in [6, 6.07) is 5.78. The van der Waals surface area contributed by atoms with Gasteiger partial charge in [0.2, 0.25) is 0 Å². The molecule has 0 saturated carbocycles. The van der Waals surface area contributed by atoms with Crippen LogP contribution in [0.5, 0.6) is 0 Å². The predicted molar refractivity (Wildman–Crippen MR) is 95.1 cm³/mol. The van der Waals surface area contributed by atoms with Crippen molar-refractivity contribution in [3.05, 3.63) is 45.9 Å². The average molecular weight is 394 g/mol. The van der Waals surface area contributed by atoms with E-state index in [1.165, 1.54) is 43.7 Å². The summed E-state index contributed by atoms with van der Waals surface area (Å²) in [5, 5.41) is 16.7. The van der Waals surface area contributed by atoms with Gasteiger partial charge in [0.05, 0.1) is 4.88 Å². The smallest absolute Gasteiger partial charge is 0.278 e. The topological polar surface area (TPSA) is 129 Å². The Kier molecular flexibility index (Phi) is 4.42. The third-order valence-electron chi connectivity index (χ3n) is 3.69. The number of sulfonamides is 1. The number of nitrogens with one attached hydrogen (secondary N) is 2. The third kappa shape index (κ3) is 2.80. The molecule has 9 nitrogen and oxygen atoms in total. The summed E-state index contributed by atoms with van der Waals surface area (Å²) in [4.78, 5) is 28.2. The van der Waals surface area contributed by atoms with Gasteiger partial charge < -0.3 is 15.7 Å². The number of hydrogen-bond donors (Lipinski definition) is 3. The first kappa shape index (κ1) is 17.9. The molecule has 0 spiro atoms. The van der Waals surface area contributed by atoms with Crippen molar-refractivity contribution in [1.82, 2.24) is 14.6 Å². The van der Waals surface area contributed by atoms with Crippen molar-refractivity contribution in [1.29, 1.82) is 0 Å². The molecule has 3 rings (SSSR count). The third-order valence-corrected chi connectivity index (χ3v) is 6.54. The first-order valence-electron chi connectivity index (χ1n) is 7.28. The van der Waals surface area contributed by atoms with Gasteiger partial charge in [-0.15, -0.1) is 11.3 Å². The Morgan fingerprint density at radius 2 is 1.96 bits per heavy atom. The minimum Gasteiger partial charge on any atom is -0.504 e. The number of carbonyl (C=O) groups is 2. The van der Waals surface area contributed by atoms with Gasteiger partial charge in [0.25, 0.3) is 21.8 Å². The highest BCUT2D eigenvalue weighted by Crippen LogP contribution is 2.38. The molecule has 1 aliphatic heterocycles. The number of fused-ring (bicyclic) bond motifs is 1. The monoisotopic (exact) mass is 394 g/mol. The van der Waals surface area contributed by atoms with Crippen LogP contribution in [0.15, 0.2) is 40.2 Å². The van der Waals surface area contributed by atoms with Crippen molar-refractivity contribution in [3.63, 3.8) is 0 Å². The number of amides is 2. The molecule has 136 valence electrons. The Labute approximate surface area is 153 Å². The second-order valence-electron chi connectivity index (χ2n) is 5.23. The lowest BCUT2D eigenvalue weighted by molar-refractivity contribution is -0.113. The second-order valence-corrected chi connectivity index (χ2v) is 8.08. The summed E-state index contributed by atoms with van der Waals surface area (Å²) in [5.74, 6) is -1.70. The zero-order chi connectivity index (χ0) is 19.1. The second kappa shape index (κ2) is 6.42. The number of likely N-dealkylation sites (N-methyl/N-ethyl adjacent to an activating group) is 1. The maximum atomic E-state index is 12.6. The van der Waals surface area contributed by atoms with Crippen LogP contribution in [0.1, 0.15) is 15.4 Å². The van der Waals surface area contributed by atoms with E-state index in [1.807, 2.05) is 0 Å². The van der Waals surface area contributed by atoms with Crippen LogP contribution < -0.4 is 10.6 Å². The van der Waals surface area contributed by atoms with E-state index in [0.717, 1.165) is 15.6 Å². The quantitative estimate of drug-likeness (QED) is 0.712. The fourth-order valence-corrected chi connectivity index (χ4v) is 4.94. The van der Waals surface area contributed by atoms with Crippen LogP contribution in [0.3, 0.4) is 0 Å². The van der Waals surface area contributed by atoms with E-state index in [2.05, 4.69) is 15.6 Å². The van der Waals surface area contributed by atoms with Gasteiger partial charge in [-0.3, -0.25) is 13.9 Å². The van der Waals surface area contributed by atoms with Gasteiger partial charge in [-0.25, -0.2) is 13.4 Å². The molecule has 0 aliphatic carbocycles. The number of carbonyl (C=O) groups excluding carboxylic acids is 2. The molecular weight excluding hydrogens is 380 g/mol. The summed E-state index contributed by atoms with van der Waals surface area (Å²) >= 11 is 1.01. The Morgan fingerprint density at radius 3 is 2.65 bits per heavy atom. The lowest BCUT2D eigenvalue weighted by Gasteiger charge is -2.26. The predicted octanol–water partition coefficient (Wildman–Crippen LogP) is 1.00. The molecule has 26 heavy (non-hydrogen) atoms. The Morgan fingerprint density at radius 1 is 1.23 bits per heavy atom. The average Bonchev–Trinajstić information content (AvgIpc) is 3.11. The van der Waals surface area contributed by atoms with Crippen molar-refractivity contribution < 1.29 is 23.1 Å². The standard InChI is InChI=1S/C15H14N4O5S2/c1-16-14(21)8-4-3-5-10(17-8)18-15(22)11-12(20)13-9(6-7-25-13)26(23,24)19(11)2/h3-7,20H,1-2H3,(H,16,21)(H,17,18,22). The largest absolute Gasteiger partial charge is 0.504 e. The van der Waals surface area contributed by atoms with Crippen LogP contribution in [-0.2, 0) is 14.8 Å². The molecule has 0 unspecified atom stereocenters. The SMILES string of the molecule is CNC(=O)c1cccc(NC(=O)C2=C(O)c3sccc3S(=O)(=O)N2C)n1. The van der Waals surface area contributed by atoms with Gasteiger partial charge >= 0.3 is 0 Å². The number of nitrogens with zero attached hydrogens (tertiary/aromatic N) is 2. The van der Waals surface area contributed by atoms with Crippen LogP contribution in [0.25, 0.3) is 5.76 Å². The molecule has 0 fully saturated rings. The summed E-state index contributed by atoms with van der Waals surface area (Å²) in [6.07, 6.45) is 0. The van der Waals surface area contributed by atoms with Crippen LogP contribution >= 0.6 is 11.3 Å². The van der Waals surface area contributed by atoms with Crippen LogP contribution in [0.2, 0.25) is 0 Å². The van der Waals surface area contributed by atoms with E-state index in [9.17, 15) is 23.1 Å². The molecule has 2 aromatic rings. The molecule has 0 bridgehead atoms. The molecular formula is C15H14N4O5S2. The van der Waals surface area contributed by atoms with E-state index >= 15 is 0 Å². The normalized spacial score (nSPS) is 15.4. The van der Waals surface area contributed by atoms with Crippen LogP contribution in [0.4, 0.5) is 5.82 Å². The highest BCUT2D eigenvalue weighted by molar-refractivity contribution is 7.89. The van der Waals surface area contributed by atoms with Crippen molar-refractivity contribution in [2.75, 3.05) is 19.4 Å². The summed E-state index contributed by atoms with van der Waals surface area (Å²) in [6.45, 7) is 0. The van der Waals surface area contributed by atoms with Crippen LogP contribution in [0, 0.1) is 0 Å². The molecule has 11 heteroatoms. The van der Waals surface area contributed by atoms with E-state index in [4.69, 9.17) is 0 Å². The van der Waals surface area contributed by atoms with Crippen molar-refractivity contribution in [2.45, 2.75) is 4.90 Å². The highest BCUT2D eigenvalue weighted by atomic mass is 32.2. The van der Waals surface area contributed by atoms with E-state index in [0.29, 0.717) is 0 Å². The molecule has 1 aliphatic rings. The molecule has 2 amide bonds. The van der Waals surface area contributed by atoms with Gasteiger partial charge in [0, 0.05) is 14.1 Å². The van der Waals surface area contributed by atoms with Crippen molar-refractivity contribution in [3.8, 4) is 0 Å². The number of thiophene rings is 1. The number of aliphatic hydroxyl groups excluding tert-OH is 1. The van der Waals surface area contributed by atoms with E-state index in [1.54, 1.807) is 0 Å². The Balaban J connectivity index is 1.98. The number of rotatable bonds is 3. The number of pyridine rings is 1. The lowest BCUT2D eigenvalue weighted by Crippen LogP contribution is -2.36. The Bertz CT molecular complexity index is 1040. The molecule has 3 N–H and O–H groups in total. The summed E-state index contributed by atoms with van der Waals surface area (Å²) in [5.41, 5.74) is -0.347. The van der Waals surface area contributed by atoms with Gasteiger partial charge in [-0.05, 0) is 23.6 Å². The number of aliphatic hydroxyl groups is 1. The lowest BCUT2D eigenvalue weighted by atomic mass is 10.2. The van der Waals surface area contributed by atoms with Crippen molar-refractivity contribution in [2.24, 2.45) is 0 Å². The van der Waals surface area contributed by atoms with Gasteiger partial charge in [-0.1, -0.05) is 6.07 Å². The maximum absolute atomic E-state index is 12.6. The zero-order valence-corrected chi connectivity index (χ0v) is 15.3. The Hall–Kier alpha value is -2.92. The van der Waals surface area contributed by atoms with Gasteiger partial charge in [0.15, 0.2) is 11.5 Å². The summed E-state index contributed by atoms with van der Waals surface area (Å²) < 4.78 is 25.7. The van der Waals surface area contributed by atoms with Crippen molar-refractivity contribution >= 4 is 44.8 Å². The fourth-order valence-electron chi connectivity index (χ4n) is 2.38. The minimum atomic E-state index is -3.94. The number of anilines is 1. The van der Waals surface area contributed by atoms with E-state index < -0.39 is 33.3 Å². The zero-order valence-electron chi connectivity index (χ0n) is 13.7. The fraction of sp³-hybridized carbons (Fsp3) is 0.133. The molecule has 3 heterocycles. The first-order valence-corrected chi connectivity index (χ1v) is 9.60. The molecule has 0 atom stereocenters. The molecule has 2 aromatic heterocycles. The van der Waals surface area contributed by atoms with Gasteiger partial charge in [-0.2, -0.15) is 0 Å². The van der Waals surface area contributed by atoms with Crippen LogP contribution in [-0.4, -0.2) is 48.7 Å². The molecule has 0 saturated heterocycles. The van der Waals surface area contributed by atoms with E-state index in [-0.39, 0.29) is 21.3 Å². The maximum Gasteiger partial charge on any atom is 0.278 e. The highest BCUT2D eigenvalue weighted by Gasteiger charge is 2.38.